The highest BCUT2D eigenvalue weighted by Gasteiger charge is 2.44. The number of ketones is 1. The first-order valence-electron chi connectivity index (χ1n) is 11.3. The fourth-order valence-corrected chi connectivity index (χ4v) is 4.54. The Balaban J connectivity index is 1.51. The van der Waals surface area contributed by atoms with Gasteiger partial charge < -0.3 is 19.2 Å². The number of nitro groups is 1. The van der Waals surface area contributed by atoms with E-state index >= 15 is 0 Å². The summed E-state index contributed by atoms with van der Waals surface area (Å²) >= 11 is 0. The number of amides is 1. The van der Waals surface area contributed by atoms with E-state index in [1.165, 1.54) is 29.2 Å². The lowest BCUT2D eigenvalue weighted by Gasteiger charge is -2.31. The van der Waals surface area contributed by atoms with Crippen LogP contribution in [0.4, 0.5) is 5.69 Å². The van der Waals surface area contributed by atoms with Crippen molar-refractivity contribution in [3.05, 3.63) is 87.4 Å². The van der Waals surface area contributed by atoms with Crippen molar-refractivity contribution >= 4 is 28.3 Å². The van der Waals surface area contributed by atoms with Gasteiger partial charge in [-0.2, -0.15) is 0 Å². The number of rotatable bonds is 7. The Morgan fingerprint density at radius 2 is 1.80 bits per heavy atom. The number of benzene rings is 2. The van der Waals surface area contributed by atoms with E-state index in [4.69, 9.17) is 9.15 Å². The van der Waals surface area contributed by atoms with Crippen LogP contribution in [0.2, 0.25) is 0 Å². The molecule has 0 bridgehead atoms. The minimum atomic E-state index is -0.912. The van der Waals surface area contributed by atoms with Crippen molar-refractivity contribution in [3.8, 4) is 0 Å². The first-order chi connectivity index (χ1) is 16.9. The van der Waals surface area contributed by atoms with Gasteiger partial charge in [-0.15, -0.1) is 0 Å². The standard InChI is InChI=1S/C25H23N3O7/c29-23(20-15-17-3-1-2-4-19(17)35-20)21-22(16-5-7-18(8-6-16)28(32)33)27(25(31)24(21)30)10-9-26-11-13-34-14-12-26/h1-8,15,22,30H,9-14H2/t22-/m0/s1. The molecule has 5 rings (SSSR count). The van der Waals surface area contributed by atoms with Crippen molar-refractivity contribution in [2.75, 3.05) is 39.4 Å². The molecule has 0 spiro atoms. The minimum Gasteiger partial charge on any atom is -0.503 e. The molecule has 2 aromatic carbocycles. The zero-order valence-electron chi connectivity index (χ0n) is 18.8. The maximum Gasteiger partial charge on any atom is 0.290 e. The van der Waals surface area contributed by atoms with Gasteiger partial charge in [0, 0.05) is 43.7 Å². The largest absolute Gasteiger partial charge is 0.503 e. The highest BCUT2D eigenvalue weighted by Crippen LogP contribution is 2.40. The van der Waals surface area contributed by atoms with E-state index in [-0.39, 0.29) is 23.6 Å². The molecule has 0 saturated carbocycles. The third-order valence-electron chi connectivity index (χ3n) is 6.38. The first kappa shape index (κ1) is 22.8. The van der Waals surface area contributed by atoms with Gasteiger partial charge in [0.1, 0.15) is 5.58 Å². The molecule has 0 unspecified atom stereocenters. The summed E-state index contributed by atoms with van der Waals surface area (Å²) in [6.45, 7) is 3.40. The van der Waals surface area contributed by atoms with E-state index in [2.05, 4.69) is 4.90 Å². The molecule has 35 heavy (non-hydrogen) atoms. The number of fused-ring (bicyclic) bond motifs is 1. The van der Waals surface area contributed by atoms with E-state index in [0.29, 0.717) is 44.0 Å². The molecule has 0 radical (unpaired) electrons. The smallest absolute Gasteiger partial charge is 0.290 e. The predicted molar refractivity (Wildman–Crippen MR) is 125 cm³/mol. The summed E-state index contributed by atoms with van der Waals surface area (Å²) in [6, 6.07) is 13.4. The van der Waals surface area contributed by atoms with E-state index in [1.54, 1.807) is 24.3 Å². The van der Waals surface area contributed by atoms with E-state index in [1.807, 2.05) is 6.07 Å². The van der Waals surface area contributed by atoms with Crippen molar-refractivity contribution < 1.29 is 28.8 Å². The number of aliphatic hydroxyl groups is 1. The van der Waals surface area contributed by atoms with Gasteiger partial charge in [-0.05, 0) is 29.8 Å². The van der Waals surface area contributed by atoms with E-state index < -0.39 is 28.4 Å². The number of para-hydroxylation sites is 1. The molecule has 180 valence electrons. The quantitative estimate of drug-likeness (QED) is 0.312. The second kappa shape index (κ2) is 9.32. The fraction of sp³-hybridized carbons (Fsp3) is 0.280. The van der Waals surface area contributed by atoms with E-state index in [9.17, 15) is 24.8 Å². The average Bonchev–Trinajstić information content (AvgIpc) is 3.42. The Morgan fingerprint density at radius 3 is 2.49 bits per heavy atom. The molecule has 3 heterocycles. The number of furan rings is 1. The summed E-state index contributed by atoms with van der Waals surface area (Å²) in [4.78, 5) is 40.9. The number of nitrogens with zero attached hydrogens (tertiary/aromatic N) is 3. The van der Waals surface area contributed by atoms with Gasteiger partial charge in [0.25, 0.3) is 11.6 Å². The predicted octanol–water partition coefficient (Wildman–Crippen LogP) is 3.25. The molecule has 1 N–H and O–H groups in total. The molecule has 2 aliphatic rings. The molecule has 0 aliphatic carbocycles. The van der Waals surface area contributed by atoms with Crippen LogP contribution in [0.25, 0.3) is 11.0 Å². The van der Waals surface area contributed by atoms with Crippen LogP contribution in [-0.2, 0) is 9.53 Å². The molecule has 10 heteroatoms. The van der Waals surface area contributed by atoms with Gasteiger partial charge in [0.15, 0.2) is 11.5 Å². The lowest BCUT2D eigenvalue weighted by Crippen LogP contribution is -2.43. The van der Waals surface area contributed by atoms with E-state index in [0.717, 1.165) is 5.39 Å². The molecule has 1 atom stereocenters. The summed E-state index contributed by atoms with van der Waals surface area (Å²) in [6.07, 6.45) is 0. The lowest BCUT2D eigenvalue weighted by molar-refractivity contribution is -0.384. The number of aliphatic hydroxyl groups excluding tert-OH is 1. The van der Waals surface area contributed by atoms with Crippen LogP contribution in [0.3, 0.4) is 0 Å². The number of carbonyl (C=O) groups is 2. The topological polar surface area (TPSA) is 126 Å². The third-order valence-corrected chi connectivity index (χ3v) is 6.38. The van der Waals surface area contributed by atoms with Gasteiger partial charge in [-0.1, -0.05) is 18.2 Å². The lowest BCUT2D eigenvalue weighted by atomic mass is 9.95. The molecular formula is C25H23N3O7. The third kappa shape index (κ3) is 4.29. The van der Waals surface area contributed by atoms with Crippen molar-refractivity contribution in [2.24, 2.45) is 0 Å². The summed E-state index contributed by atoms with van der Waals surface area (Å²) in [7, 11) is 0. The van der Waals surface area contributed by atoms with Crippen molar-refractivity contribution in [1.29, 1.82) is 0 Å². The molecule has 1 fully saturated rings. The van der Waals surface area contributed by atoms with Crippen molar-refractivity contribution in [3.63, 3.8) is 0 Å². The van der Waals surface area contributed by atoms with Crippen LogP contribution in [0.5, 0.6) is 0 Å². The molecule has 1 saturated heterocycles. The normalized spacial score (nSPS) is 19.0. The van der Waals surface area contributed by atoms with Gasteiger partial charge in [-0.25, -0.2) is 0 Å². The summed E-state index contributed by atoms with van der Waals surface area (Å²) in [5, 5.41) is 22.7. The molecule has 1 aromatic heterocycles. The summed E-state index contributed by atoms with van der Waals surface area (Å²) < 4.78 is 11.1. The fourth-order valence-electron chi connectivity index (χ4n) is 4.54. The minimum absolute atomic E-state index is 0.00231. The number of morpholine rings is 1. The van der Waals surface area contributed by atoms with Crippen LogP contribution in [0, 0.1) is 10.1 Å². The Labute approximate surface area is 200 Å². The highest BCUT2D eigenvalue weighted by atomic mass is 16.6. The molecule has 2 aliphatic heterocycles. The number of non-ortho nitro benzene ring substituents is 1. The Kier molecular flexibility index (Phi) is 6.06. The van der Waals surface area contributed by atoms with Gasteiger partial charge in [-0.3, -0.25) is 24.6 Å². The monoisotopic (exact) mass is 477 g/mol. The second-order valence-electron chi connectivity index (χ2n) is 8.44. The Hall–Kier alpha value is -4.02. The highest BCUT2D eigenvalue weighted by molar-refractivity contribution is 6.16. The van der Waals surface area contributed by atoms with Gasteiger partial charge in [0.2, 0.25) is 5.78 Å². The first-order valence-corrected chi connectivity index (χ1v) is 11.3. The number of hydrogen-bond acceptors (Lipinski definition) is 8. The van der Waals surface area contributed by atoms with Crippen LogP contribution >= 0.6 is 0 Å². The molecule has 3 aromatic rings. The molecular weight excluding hydrogens is 454 g/mol. The number of Topliss-reactive ketones (excluding diaryl/α,β-unsaturated/α-hetero) is 1. The van der Waals surface area contributed by atoms with Crippen LogP contribution in [-0.4, -0.2) is 70.9 Å². The zero-order valence-corrected chi connectivity index (χ0v) is 18.8. The zero-order chi connectivity index (χ0) is 24.5. The van der Waals surface area contributed by atoms with Crippen LogP contribution in [0.1, 0.15) is 22.2 Å². The number of hydrogen-bond donors (Lipinski definition) is 1. The molecule has 10 nitrogen and oxygen atoms in total. The van der Waals surface area contributed by atoms with Crippen LogP contribution in [0.15, 0.2) is 70.3 Å². The van der Waals surface area contributed by atoms with Crippen LogP contribution < -0.4 is 0 Å². The van der Waals surface area contributed by atoms with Gasteiger partial charge >= 0.3 is 0 Å². The number of ether oxygens (including phenoxy) is 1. The SMILES string of the molecule is O=C(C1=C(O)C(=O)N(CCN2CCOCC2)[C@H]1c1ccc([N+](=O)[O-])cc1)c1cc2ccccc2o1. The van der Waals surface area contributed by atoms with Gasteiger partial charge in [0.05, 0.1) is 29.8 Å². The van der Waals surface area contributed by atoms with Crippen molar-refractivity contribution in [2.45, 2.75) is 6.04 Å². The summed E-state index contributed by atoms with van der Waals surface area (Å²) in [5.74, 6) is -1.91. The molecule has 1 amide bonds. The summed E-state index contributed by atoms with van der Waals surface area (Å²) in [5.41, 5.74) is 0.770. The average molecular weight is 477 g/mol. The Morgan fingerprint density at radius 1 is 1.09 bits per heavy atom. The maximum absolute atomic E-state index is 13.6. The Bertz CT molecular complexity index is 1290. The van der Waals surface area contributed by atoms with Crippen molar-refractivity contribution in [1.82, 2.24) is 9.80 Å². The number of nitro benzene ring substituents is 1. The number of carbonyl (C=O) groups excluding carboxylic acids is 2. The maximum atomic E-state index is 13.6. The second-order valence-corrected chi connectivity index (χ2v) is 8.44.